The van der Waals surface area contributed by atoms with E-state index in [1.54, 1.807) is 12.3 Å². The van der Waals surface area contributed by atoms with Crippen molar-refractivity contribution in [3.8, 4) is 17.0 Å². The van der Waals surface area contributed by atoms with Crippen molar-refractivity contribution in [3.05, 3.63) is 47.1 Å². The first-order chi connectivity index (χ1) is 13.1. The molecular formula is C22H25ClN2O2. The van der Waals surface area contributed by atoms with E-state index in [1.165, 1.54) is 19.3 Å². The molecule has 1 saturated carbocycles. The normalized spacial score (nSPS) is 21.0. The van der Waals surface area contributed by atoms with Gasteiger partial charge in [0.05, 0.1) is 0 Å². The molecule has 1 saturated heterocycles. The first-order valence-electron chi connectivity index (χ1n) is 9.87. The number of carbonyl (C=O) groups is 1. The molecular weight excluding hydrogens is 360 g/mol. The predicted octanol–water partition coefficient (Wildman–Crippen LogP) is 4.83. The Balaban J connectivity index is 1.47. The summed E-state index contributed by atoms with van der Waals surface area (Å²) < 4.78 is 0. The molecule has 2 fully saturated rings. The van der Waals surface area contributed by atoms with E-state index in [2.05, 4.69) is 9.88 Å². The van der Waals surface area contributed by atoms with Crippen LogP contribution in [-0.4, -0.2) is 33.5 Å². The van der Waals surface area contributed by atoms with E-state index in [9.17, 15) is 9.90 Å². The van der Waals surface area contributed by atoms with Crippen molar-refractivity contribution in [1.82, 2.24) is 9.88 Å². The van der Waals surface area contributed by atoms with Gasteiger partial charge in [-0.1, -0.05) is 43.0 Å². The lowest BCUT2D eigenvalue weighted by atomic mass is 9.93. The van der Waals surface area contributed by atoms with Crippen molar-refractivity contribution in [3.63, 3.8) is 0 Å². The standard InChI is InChI=1S/C22H25ClN2O2/c23-20-14-15(19-7-4-11-24-21(19)26)8-9-16(20)13-17-10-12-25(22(17)27)18-5-2-1-3-6-18/h4,7-9,11,14,17-18H,1-3,5-6,10,12-13H2,(H,24,26). The molecule has 1 aromatic carbocycles. The summed E-state index contributed by atoms with van der Waals surface area (Å²) in [4.78, 5) is 18.9. The van der Waals surface area contributed by atoms with Gasteiger partial charge >= 0.3 is 0 Å². The molecule has 1 aromatic heterocycles. The molecule has 0 spiro atoms. The fraction of sp³-hybridized carbons (Fsp3) is 0.455. The van der Waals surface area contributed by atoms with E-state index in [0.29, 0.717) is 29.0 Å². The maximum atomic E-state index is 12.9. The maximum Gasteiger partial charge on any atom is 0.226 e. The zero-order valence-corrected chi connectivity index (χ0v) is 16.2. The van der Waals surface area contributed by atoms with Crippen LogP contribution in [0.25, 0.3) is 11.1 Å². The molecule has 1 N–H and O–H groups in total. The van der Waals surface area contributed by atoms with Gasteiger partial charge in [-0.2, -0.15) is 0 Å². The number of likely N-dealkylation sites (tertiary alicyclic amines) is 1. The van der Waals surface area contributed by atoms with Crippen molar-refractivity contribution < 1.29 is 9.90 Å². The van der Waals surface area contributed by atoms with E-state index in [4.69, 9.17) is 11.6 Å². The Hall–Kier alpha value is -2.07. The molecule has 0 radical (unpaired) electrons. The van der Waals surface area contributed by atoms with Gasteiger partial charge < -0.3 is 10.0 Å². The number of aromatic hydroxyl groups is 1. The summed E-state index contributed by atoms with van der Waals surface area (Å²) >= 11 is 6.52. The molecule has 2 aromatic rings. The highest BCUT2D eigenvalue weighted by molar-refractivity contribution is 6.31. The van der Waals surface area contributed by atoms with Crippen LogP contribution in [0, 0.1) is 5.92 Å². The Kier molecular flexibility index (Phi) is 5.35. The van der Waals surface area contributed by atoms with Gasteiger partial charge in [0.1, 0.15) is 0 Å². The molecule has 5 heteroatoms. The second-order valence-electron chi connectivity index (χ2n) is 7.69. The third-order valence-electron chi connectivity index (χ3n) is 5.98. The van der Waals surface area contributed by atoms with Crippen LogP contribution in [0.4, 0.5) is 0 Å². The quantitative estimate of drug-likeness (QED) is 0.821. The molecule has 2 aliphatic rings. The average molecular weight is 385 g/mol. The van der Waals surface area contributed by atoms with E-state index < -0.39 is 0 Å². The maximum absolute atomic E-state index is 12.9. The summed E-state index contributed by atoms with van der Waals surface area (Å²) in [5.41, 5.74) is 2.48. The number of hydrogen-bond acceptors (Lipinski definition) is 3. The minimum atomic E-state index is -0.00425. The lowest BCUT2D eigenvalue weighted by Crippen LogP contribution is -2.39. The summed E-state index contributed by atoms with van der Waals surface area (Å²) in [6, 6.07) is 9.81. The number of carbonyl (C=O) groups excluding carboxylic acids is 1. The Morgan fingerprint density at radius 3 is 2.70 bits per heavy atom. The highest BCUT2D eigenvalue weighted by Gasteiger charge is 2.36. The minimum Gasteiger partial charge on any atom is -0.493 e. The van der Waals surface area contributed by atoms with Crippen LogP contribution in [0.2, 0.25) is 5.02 Å². The van der Waals surface area contributed by atoms with Crippen LogP contribution < -0.4 is 0 Å². The number of amides is 1. The number of benzene rings is 1. The van der Waals surface area contributed by atoms with E-state index >= 15 is 0 Å². The van der Waals surface area contributed by atoms with Gasteiger partial charge in [0.2, 0.25) is 11.8 Å². The van der Waals surface area contributed by atoms with Crippen LogP contribution in [0.1, 0.15) is 44.1 Å². The summed E-state index contributed by atoms with van der Waals surface area (Å²) in [6.45, 7) is 0.882. The highest BCUT2D eigenvalue weighted by Crippen LogP contribution is 2.34. The van der Waals surface area contributed by atoms with Crippen LogP contribution in [0.15, 0.2) is 36.5 Å². The average Bonchev–Trinajstić information content (AvgIpc) is 3.05. The number of nitrogens with zero attached hydrogens (tertiary/aromatic N) is 2. The van der Waals surface area contributed by atoms with Gasteiger partial charge in [-0.15, -0.1) is 0 Å². The third-order valence-corrected chi connectivity index (χ3v) is 6.34. The molecule has 142 valence electrons. The lowest BCUT2D eigenvalue weighted by Gasteiger charge is -2.31. The number of aromatic nitrogens is 1. The Labute approximate surface area is 165 Å². The molecule has 1 unspecified atom stereocenters. The van der Waals surface area contributed by atoms with E-state index in [0.717, 1.165) is 36.9 Å². The second-order valence-corrected chi connectivity index (χ2v) is 8.10. The fourth-order valence-corrected chi connectivity index (χ4v) is 4.73. The van der Waals surface area contributed by atoms with Gasteiger partial charge in [-0.05, 0) is 55.0 Å². The largest absolute Gasteiger partial charge is 0.493 e. The topological polar surface area (TPSA) is 53.4 Å². The molecule has 1 amide bonds. The highest BCUT2D eigenvalue weighted by atomic mass is 35.5. The second kappa shape index (κ2) is 7.89. The van der Waals surface area contributed by atoms with E-state index in [-0.39, 0.29) is 11.8 Å². The van der Waals surface area contributed by atoms with Crippen molar-refractivity contribution in [2.24, 2.45) is 5.92 Å². The Morgan fingerprint density at radius 2 is 1.96 bits per heavy atom. The third kappa shape index (κ3) is 3.81. The number of pyridine rings is 1. The van der Waals surface area contributed by atoms with Gasteiger partial charge in [0, 0.05) is 35.3 Å². The predicted molar refractivity (Wildman–Crippen MR) is 107 cm³/mol. The number of hydrogen-bond donors (Lipinski definition) is 1. The van der Waals surface area contributed by atoms with Gasteiger partial charge in [0.25, 0.3) is 0 Å². The smallest absolute Gasteiger partial charge is 0.226 e. The van der Waals surface area contributed by atoms with Crippen LogP contribution >= 0.6 is 11.6 Å². The zero-order chi connectivity index (χ0) is 18.8. The van der Waals surface area contributed by atoms with Crippen LogP contribution in [0.5, 0.6) is 5.88 Å². The Morgan fingerprint density at radius 1 is 1.15 bits per heavy atom. The molecule has 2 heterocycles. The molecule has 1 aliphatic heterocycles. The molecule has 27 heavy (non-hydrogen) atoms. The fourth-order valence-electron chi connectivity index (χ4n) is 4.48. The molecule has 0 bridgehead atoms. The number of halogens is 1. The molecule has 4 rings (SSSR count). The lowest BCUT2D eigenvalue weighted by molar-refractivity contribution is -0.133. The van der Waals surface area contributed by atoms with E-state index in [1.807, 2.05) is 24.3 Å². The minimum absolute atomic E-state index is 0.00425. The van der Waals surface area contributed by atoms with Gasteiger partial charge in [-0.25, -0.2) is 4.98 Å². The van der Waals surface area contributed by atoms with Crippen molar-refractivity contribution >= 4 is 17.5 Å². The summed E-state index contributed by atoms with van der Waals surface area (Å²) in [7, 11) is 0. The zero-order valence-electron chi connectivity index (χ0n) is 15.4. The monoisotopic (exact) mass is 384 g/mol. The van der Waals surface area contributed by atoms with Crippen molar-refractivity contribution in [1.29, 1.82) is 0 Å². The summed E-state index contributed by atoms with van der Waals surface area (Å²) in [6.07, 6.45) is 9.25. The summed E-state index contributed by atoms with van der Waals surface area (Å²) in [5.74, 6) is 0.324. The molecule has 1 atom stereocenters. The Bertz CT molecular complexity index is 833. The molecule has 1 aliphatic carbocycles. The SMILES string of the molecule is O=C1C(Cc2ccc(-c3cccnc3O)cc2Cl)CCN1C1CCCCC1. The van der Waals surface area contributed by atoms with Crippen LogP contribution in [-0.2, 0) is 11.2 Å². The molecule has 4 nitrogen and oxygen atoms in total. The summed E-state index contributed by atoms with van der Waals surface area (Å²) in [5, 5.41) is 10.6. The van der Waals surface area contributed by atoms with Gasteiger partial charge in [0.15, 0.2) is 0 Å². The van der Waals surface area contributed by atoms with Crippen LogP contribution in [0.3, 0.4) is 0 Å². The van der Waals surface area contributed by atoms with Crippen molar-refractivity contribution in [2.75, 3.05) is 6.54 Å². The number of rotatable bonds is 4. The first-order valence-corrected chi connectivity index (χ1v) is 10.2. The van der Waals surface area contributed by atoms with Gasteiger partial charge in [-0.3, -0.25) is 4.79 Å². The first kappa shape index (κ1) is 18.3. The van der Waals surface area contributed by atoms with Crippen molar-refractivity contribution in [2.45, 2.75) is 51.0 Å².